The second-order valence-corrected chi connectivity index (χ2v) is 4.61. The molecule has 0 radical (unpaired) electrons. The van der Waals surface area contributed by atoms with Gasteiger partial charge in [-0.2, -0.15) is 0 Å². The van der Waals surface area contributed by atoms with Gasteiger partial charge in [0.1, 0.15) is 5.78 Å². The SMILES string of the molecule is CC1=C(CC(=O)O)C(C)(C)CC(=O)C1. The number of rotatable bonds is 2. The van der Waals surface area contributed by atoms with Crippen LogP contribution in [0.4, 0.5) is 0 Å². The lowest BCUT2D eigenvalue weighted by molar-refractivity contribution is -0.136. The van der Waals surface area contributed by atoms with Crippen molar-refractivity contribution in [1.82, 2.24) is 0 Å². The molecule has 0 atom stereocenters. The molecule has 0 aliphatic heterocycles. The van der Waals surface area contributed by atoms with Crippen molar-refractivity contribution in [2.45, 2.75) is 40.0 Å². The highest BCUT2D eigenvalue weighted by Gasteiger charge is 2.33. The molecular weight excluding hydrogens is 180 g/mol. The first-order valence-corrected chi connectivity index (χ1v) is 4.75. The predicted octanol–water partition coefficient (Wildman–Crippen LogP) is 2.17. The molecule has 0 aromatic heterocycles. The number of carbonyl (C=O) groups excluding carboxylic acids is 1. The van der Waals surface area contributed by atoms with E-state index < -0.39 is 5.97 Å². The number of hydrogen-bond acceptors (Lipinski definition) is 2. The van der Waals surface area contributed by atoms with E-state index in [2.05, 4.69) is 0 Å². The maximum absolute atomic E-state index is 11.3. The summed E-state index contributed by atoms with van der Waals surface area (Å²) in [6.07, 6.45) is 0.950. The van der Waals surface area contributed by atoms with Gasteiger partial charge in [0.2, 0.25) is 0 Å². The molecule has 0 aromatic rings. The first kappa shape index (κ1) is 11.0. The largest absolute Gasteiger partial charge is 0.481 e. The number of hydrogen-bond donors (Lipinski definition) is 1. The highest BCUT2D eigenvalue weighted by atomic mass is 16.4. The molecule has 0 saturated heterocycles. The van der Waals surface area contributed by atoms with E-state index in [0.29, 0.717) is 12.8 Å². The highest BCUT2D eigenvalue weighted by Crippen LogP contribution is 2.40. The quantitative estimate of drug-likeness (QED) is 0.688. The Morgan fingerprint density at radius 2 is 2.07 bits per heavy atom. The Balaban J connectivity index is 3.02. The summed E-state index contributed by atoms with van der Waals surface area (Å²) in [6, 6.07) is 0. The number of allylic oxidation sites excluding steroid dienone is 1. The molecule has 1 rings (SSSR count). The highest BCUT2D eigenvalue weighted by molar-refractivity contribution is 5.84. The number of carboxylic acid groups (broad SMARTS) is 1. The van der Waals surface area contributed by atoms with Crippen molar-refractivity contribution >= 4 is 11.8 Å². The van der Waals surface area contributed by atoms with Gasteiger partial charge in [-0.15, -0.1) is 0 Å². The zero-order chi connectivity index (χ0) is 10.9. The smallest absolute Gasteiger partial charge is 0.307 e. The fourth-order valence-corrected chi connectivity index (χ4v) is 2.18. The van der Waals surface area contributed by atoms with E-state index in [1.165, 1.54) is 0 Å². The summed E-state index contributed by atoms with van der Waals surface area (Å²) in [7, 11) is 0. The Kier molecular flexibility index (Phi) is 2.79. The Hall–Kier alpha value is -1.12. The standard InChI is InChI=1S/C11H16O3/c1-7-4-8(12)6-11(2,3)9(7)5-10(13)14/h4-6H2,1-3H3,(H,13,14). The van der Waals surface area contributed by atoms with Crippen LogP contribution in [0.1, 0.15) is 40.0 Å². The molecule has 0 bridgehead atoms. The normalized spacial score (nSPS) is 21.2. The van der Waals surface area contributed by atoms with E-state index in [1.54, 1.807) is 0 Å². The van der Waals surface area contributed by atoms with Crippen molar-refractivity contribution in [2.24, 2.45) is 5.41 Å². The molecule has 0 saturated carbocycles. The van der Waals surface area contributed by atoms with Crippen LogP contribution in [0.2, 0.25) is 0 Å². The molecule has 0 heterocycles. The van der Waals surface area contributed by atoms with Gasteiger partial charge in [0.15, 0.2) is 0 Å². The second-order valence-electron chi connectivity index (χ2n) is 4.61. The lowest BCUT2D eigenvalue weighted by atomic mass is 9.71. The van der Waals surface area contributed by atoms with Gasteiger partial charge in [-0.3, -0.25) is 9.59 Å². The summed E-state index contributed by atoms with van der Waals surface area (Å²) in [6.45, 7) is 5.73. The van der Waals surface area contributed by atoms with Crippen molar-refractivity contribution in [3.63, 3.8) is 0 Å². The Morgan fingerprint density at radius 3 is 2.50 bits per heavy atom. The zero-order valence-corrected chi connectivity index (χ0v) is 8.89. The average Bonchev–Trinajstić information content (AvgIpc) is 1.95. The molecule has 0 unspecified atom stereocenters. The molecule has 0 fully saturated rings. The summed E-state index contributed by atoms with van der Waals surface area (Å²) < 4.78 is 0. The summed E-state index contributed by atoms with van der Waals surface area (Å²) in [4.78, 5) is 22.0. The van der Waals surface area contributed by atoms with Crippen LogP contribution in [0.15, 0.2) is 11.1 Å². The first-order valence-electron chi connectivity index (χ1n) is 4.75. The van der Waals surface area contributed by atoms with Crippen LogP contribution in [-0.4, -0.2) is 16.9 Å². The lowest BCUT2D eigenvalue weighted by Gasteiger charge is -2.32. The molecular formula is C11H16O3. The topological polar surface area (TPSA) is 54.4 Å². The number of carboxylic acids is 1. The van der Waals surface area contributed by atoms with Gasteiger partial charge >= 0.3 is 5.97 Å². The molecule has 3 heteroatoms. The third kappa shape index (κ3) is 2.22. The van der Waals surface area contributed by atoms with Crippen molar-refractivity contribution in [3.05, 3.63) is 11.1 Å². The van der Waals surface area contributed by atoms with Crippen molar-refractivity contribution in [2.75, 3.05) is 0 Å². The molecule has 78 valence electrons. The average molecular weight is 196 g/mol. The fraction of sp³-hybridized carbons (Fsp3) is 0.636. The van der Waals surface area contributed by atoms with E-state index in [-0.39, 0.29) is 17.6 Å². The molecule has 1 aliphatic carbocycles. The van der Waals surface area contributed by atoms with Gasteiger partial charge in [0.25, 0.3) is 0 Å². The Bertz CT molecular complexity index is 310. The van der Waals surface area contributed by atoms with Gasteiger partial charge in [0, 0.05) is 12.8 Å². The van der Waals surface area contributed by atoms with Gasteiger partial charge < -0.3 is 5.11 Å². The van der Waals surface area contributed by atoms with E-state index in [4.69, 9.17) is 5.11 Å². The summed E-state index contributed by atoms with van der Waals surface area (Å²) in [5.41, 5.74) is 1.58. The fourth-order valence-electron chi connectivity index (χ4n) is 2.18. The molecule has 0 aromatic carbocycles. The first-order chi connectivity index (χ1) is 6.33. The third-order valence-corrected chi connectivity index (χ3v) is 2.76. The van der Waals surface area contributed by atoms with Crippen molar-refractivity contribution in [3.8, 4) is 0 Å². The molecule has 0 amide bonds. The van der Waals surface area contributed by atoms with E-state index >= 15 is 0 Å². The number of aliphatic carboxylic acids is 1. The van der Waals surface area contributed by atoms with E-state index in [0.717, 1.165) is 11.1 Å². The van der Waals surface area contributed by atoms with Crippen LogP contribution in [0.5, 0.6) is 0 Å². The maximum atomic E-state index is 11.3. The Labute approximate surface area is 83.8 Å². The van der Waals surface area contributed by atoms with Gasteiger partial charge in [0.05, 0.1) is 6.42 Å². The minimum Gasteiger partial charge on any atom is -0.481 e. The van der Waals surface area contributed by atoms with Crippen LogP contribution >= 0.6 is 0 Å². The minimum absolute atomic E-state index is 0.0616. The van der Waals surface area contributed by atoms with E-state index in [1.807, 2.05) is 20.8 Å². The number of carbonyl (C=O) groups is 2. The van der Waals surface area contributed by atoms with E-state index in [9.17, 15) is 9.59 Å². The van der Waals surface area contributed by atoms with Crippen LogP contribution in [-0.2, 0) is 9.59 Å². The number of Topliss-reactive ketones (excluding diaryl/α,β-unsaturated/α-hetero) is 1. The van der Waals surface area contributed by atoms with Crippen LogP contribution in [0.25, 0.3) is 0 Å². The van der Waals surface area contributed by atoms with Crippen molar-refractivity contribution in [1.29, 1.82) is 0 Å². The maximum Gasteiger partial charge on any atom is 0.307 e. The second kappa shape index (κ2) is 3.56. The molecule has 0 spiro atoms. The molecule has 14 heavy (non-hydrogen) atoms. The summed E-state index contributed by atoms with van der Waals surface area (Å²) in [5.74, 6) is -0.608. The van der Waals surface area contributed by atoms with Crippen LogP contribution < -0.4 is 0 Å². The van der Waals surface area contributed by atoms with Gasteiger partial charge in [-0.25, -0.2) is 0 Å². The summed E-state index contributed by atoms with van der Waals surface area (Å²) >= 11 is 0. The lowest BCUT2D eigenvalue weighted by Crippen LogP contribution is -2.27. The van der Waals surface area contributed by atoms with Crippen LogP contribution in [0, 0.1) is 5.41 Å². The number of ketones is 1. The molecule has 1 N–H and O–H groups in total. The predicted molar refractivity (Wildman–Crippen MR) is 53.0 cm³/mol. The van der Waals surface area contributed by atoms with Gasteiger partial charge in [-0.1, -0.05) is 25.0 Å². The van der Waals surface area contributed by atoms with Gasteiger partial charge in [-0.05, 0) is 12.3 Å². The summed E-state index contributed by atoms with van der Waals surface area (Å²) in [5, 5.41) is 8.76. The zero-order valence-electron chi connectivity index (χ0n) is 8.89. The Morgan fingerprint density at radius 1 is 1.50 bits per heavy atom. The third-order valence-electron chi connectivity index (χ3n) is 2.76. The monoisotopic (exact) mass is 196 g/mol. The molecule has 1 aliphatic rings. The minimum atomic E-state index is -0.818. The van der Waals surface area contributed by atoms with Crippen LogP contribution in [0.3, 0.4) is 0 Å². The molecule has 3 nitrogen and oxygen atoms in total. The van der Waals surface area contributed by atoms with Crippen molar-refractivity contribution < 1.29 is 14.7 Å².